The van der Waals surface area contributed by atoms with Gasteiger partial charge in [-0.2, -0.15) is 0 Å². The van der Waals surface area contributed by atoms with Crippen LogP contribution in [-0.4, -0.2) is 26.2 Å². The Morgan fingerprint density at radius 2 is 1.34 bits per heavy atom. The van der Waals surface area contributed by atoms with Gasteiger partial charge in [0.05, 0.1) is 25.3 Å². The molecule has 7 heteroatoms. The van der Waals surface area contributed by atoms with Gasteiger partial charge in [-0.05, 0) is 99.3 Å². The van der Waals surface area contributed by atoms with Crippen LogP contribution >= 0.6 is 61.1 Å². The summed E-state index contributed by atoms with van der Waals surface area (Å²) in [6.07, 6.45) is 2.15. The van der Waals surface area contributed by atoms with Gasteiger partial charge in [-0.3, -0.25) is 0 Å². The van der Waals surface area contributed by atoms with Crippen molar-refractivity contribution in [2.45, 2.75) is 32.0 Å². The Hall–Kier alpha value is -0.680. The molecule has 2 rings (SSSR count). The van der Waals surface area contributed by atoms with Crippen molar-refractivity contribution in [1.29, 1.82) is 0 Å². The number of methoxy groups -OCH3 is 2. The van der Waals surface area contributed by atoms with Gasteiger partial charge in [-0.1, -0.05) is 41.9 Å². The van der Waals surface area contributed by atoms with E-state index < -0.39 is 0 Å². The van der Waals surface area contributed by atoms with Crippen LogP contribution in [0.3, 0.4) is 0 Å². The number of hydrogen-bond donors (Lipinski definition) is 0. The van der Waals surface area contributed by atoms with Crippen LogP contribution in [-0.2, 0) is 21.2 Å². The van der Waals surface area contributed by atoms with Gasteiger partial charge in [-0.25, -0.2) is 9.59 Å². The van der Waals surface area contributed by atoms with Crippen LogP contribution in [0, 0.1) is 13.1 Å². The number of alkyl halides is 1. The Morgan fingerprint density at radius 3 is 1.76 bits per heavy atom. The molecule has 0 saturated carbocycles. The summed E-state index contributed by atoms with van der Waals surface area (Å²) in [5.74, 6) is 0.142. The Kier molecular flexibility index (Phi) is 12.3. The van der Waals surface area contributed by atoms with E-state index in [1.807, 2.05) is 30.3 Å². The maximum absolute atomic E-state index is 11.5. The lowest BCUT2D eigenvalue weighted by Gasteiger charge is -2.08. The van der Waals surface area contributed by atoms with Gasteiger partial charge in [0.15, 0.2) is 0 Å². The molecule has 4 nitrogen and oxygen atoms in total. The standard InChI is InChI=1S/C13H17IO2.C9H8BrIO2/c1-9(2)4-5-10-6-7-12(14)11(8-10)13(15)16-3;1-13-9(12)7-4-6(5-10)2-3-8(7)11/h6-9H,4-5H2,1-3H3;2-4H,5H2,1H3. The Morgan fingerprint density at radius 1 is 0.897 bits per heavy atom. The molecule has 2 aromatic carbocycles. The third-order valence-corrected chi connectivity index (χ3v) is 6.57. The number of halogens is 3. The lowest BCUT2D eigenvalue weighted by Crippen LogP contribution is -2.05. The largest absolute Gasteiger partial charge is 0.465 e. The number of ether oxygens (including phenoxy) is 2. The minimum Gasteiger partial charge on any atom is -0.465 e. The average molecular weight is 687 g/mol. The second-order valence-corrected chi connectivity index (χ2v) is 9.56. The molecule has 0 aliphatic heterocycles. The highest BCUT2D eigenvalue weighted by Gasteiger charge is 2.11. The molecule has 0 radical (unpaired) electrons. The number of hydrogen-bond acceptors (Lipinski definition) is 4. The highest BCUT2D eigenvalue weighted by Crippen LogP contribution is 2.18. The van der Waals surface area contributed by atoms with Crippen LogP contribution in [0.15, 0.2) is 36.4 Å². The van der Waals surface area contributed by atoms with Gasteiger partial charge < -0.3 is 9.47 Å². The van der Waals surface area contributed by atoms with E-state index in [4.69, 9.17) is 4.74 Å². The second kappa shape index (κ2) is 13.6. The minimum atomic E-state index is -0.285. The molecular formula is C22H25BrI2O4. The molecule has 0 atom stereocenters. The zero-order valence-electron chi connectivity index (χ0n) is 16.9. The molecule has 0 N–H and O–H groups in total. The van der Waals surface area contributed by atoms with Crippen LogP contribution in [0.5, 0.6) is 0 Å². The van der Waals surface area contributed by atoms with Crippen molar-refractivity contribution in [1.82, 2.24) is 0 Å². The van der Waals surface area contributed by atoms with E-state index in [0.29, 0.717) is 17.0 Å². The smallest absolute Gasteiger partial charge is 0.338 e. The molecule has 0 unspecified atom stereocenters. The summed E-state index contributed by atoms with van der Waals surface area (Å²) in [7, 11) is 2.80. The first-order valence-electron chi connectivity index (χ1n) is 9.02. The maximum Gasteiger partial charge on any atom is 0.338 e. The van der Waals surface area contributed by atoms with Gasteiger partial charge in [0.1, 0.15) is 0 Å². The van der Waals surface area contributed by atoms with Crippen molar-refractivity contribution in [3.05, 3.63) is 65.8 Å². The highest BCUT2D eigenvalue weighted by atomic mass is 127. The summed E-state index contributed by atoms with van der Waals surface area (Å²) in [4.78, 5) is 22.8. The minimum absolute atomic E-state index is 0.254. The molecule has 0 aliphatic rings. The first-order chi connectivity index (χ1) is 13.7. The van der Waals surface area contributed by atoms with Crippen molar-refractivity contribution < 1.29 is 19.1 Å². The van der Waals surface area contributed by atoms with E-state index in [0.717, 1.165) is 30.9 Å². The molecule has 0 spiro atoms. The van der Waals surface area contributed by atoms with Crippen molar-refractivity contribution in [2.24, 2.45) is 5.92 Å². The van der Waals surface area contributed by atoms with Gasteiger partial charge >= 0.3 is 11.9 Å². The van der Waals surface area contributed by atoms with Crippen LogP contribution in [0.4, 0.5) is 0 Å². The predicted molar refractivity (Wildman–Crippen MR) is 137 cm³/mol. The number of rotatable bonds is 6. The Balaban J connectivity index is 0.000000296. The fourth-order valence-electron chi connectivity index (χ4n) is 2.37. The average Bonchev–Trinajstić information content (AvgIpc) is 2.72. The van der Waals surface area contributed by atoms with Crippen LogP contribution in [0.25, 0.3) is 0 Å². The fourth-order valence-corrected chi connectivity index (χ4v) is 3.83. The highest BCUT2D eigenvalue weighted by molar-refractivity contribution is 14.1. The first kappa shape index (κ1) is 26.4. The number of carbonyl (C=O) groups is 2. The molecule has 29 heavy (non-hydrogen) atoms. The van der Waals surface area contributed by atoms with Gasteiger partial charge in [0.25, 0.3) is 0 Å². The molecule has 0 aromatic heterocycles. The van der Waals surface area contributed by atoms with E-state index in [1.54, 1.807) is 0 Å². The topological polar surface area (TPSA) is 52.6 Å². The molecule has 0 heterocycles. The third-order valence-electron chi connectivity index (χ3n) is 4.04. The normalized spacial score (nSPS) is 10.2. The summed E-state index contributed by atoms with van der Waals surface area (Å²) in [5, 5.41) is 0.744. The van der Waals surface area contributed by atoms with E-state index in [1.165, 1.54) is 19.8 Å². The molecular weight excluding hydrogens is 662 g/mol. The van der Waals surface area contributed by atoms with Crippen molar-refractivity contribution in [2.75, 3.05) is 14.2 Å². The third kappa shape index (κ3) is 8.92. The van der Waals surface area contributed by atoms with Crippen molar-refractivity contribution >= 4 is 73.1 Å². The molecule has 158 valence electrons. The summed E-state index contributed by atoms with van der Waals surface area (Å²) < 4.78 is 11.3. The van der Waals surface area contributed by atoms with Gasteiger partial charge in [0, 0.05) is 12.5 Å². The molecule has 0 aliphatic carbocycles. The summed E-state index contributed by atoms with van der Waals surface area (Å²) >= 11 is 7.61. The molecule has 2 aromatic rings. The Labute approximate surface area is 208 Å². The van der Waals surface area contributed by atoms with Crippen LogP contribution < -0.4 is 0 Å². The predicted octanol–water partition coefficient (Wildman–Crippen LogP) is 6.64. The summed E-state index contributed by atoms with van der Waals surface area (Å²) in [6.45, 7) is 4.40. The number of carbonyl (C=O) groups excluding carboxylic acids is 2. The molecule has 0 fully saturated rings. The SMILES string of the molecule is COC(=O)c1cc(CBr)ccc1I.COC(=O)c1cc(CCC(C)C)ccc1I. The second-order valence-electron chi connectivity index (χ2n) is 6.68. The van der Waals surface area contributed by atoms with Gasteiger partial charge in [-0.15, -0.1) is 0 Å². The van der Waals surface area contributed by atoms with E-state index in [-0.39, 0.29) is 11.9 Å². The van der Waals surface area contributed by atoms with Crippen LogP contribution in [0.2, 0.25) is 0 Å². The summed E-state index contributed by atoms with van der Waals surface area (Å²) in [5.41, 5.74) is 3.57. The van der Waals surface area contributed by atoms with Crippen molar-refractivity contribution in [3.63, 3.8) is 0 Å². The van der Waals surface area contributed by atoms with Crippen molar-refractivity contribution in [3.8, 4) is 0 Å². The first-order valence-corrected chi connectivity index (χ1v) is 12.3. The number of aryl methyl sites for hydroxylation is 1. The van der Waals surface area contributed by atoms with E-state index in [2.05, 4.69) is 85.8 Å². The lowest BCUT2D eigenvalue weighted by molar-refractivity contribution is 0.0590. The van der Waals surface area contributed by atoms with Crippen LogP contribution in [0.1, 0.15) is 52.1 Å². The number of benzene rings is 2. The maximum atomic E-state index is 11.5. The number of esters is 2. The Bertz CT molecular complexity index is 838. The van der Waals surface area contributed by atoms with Gasteiger partial charge in [0.2, 0.25) is 0 Å². The summed E-state index contributed by atoms with van der Waals surface area (Å²) in [6, 6.07) is 11.7. The molecule has 0 amide bonds. The monoisotopic (exact) mass is 686 g/mol. The zero-order chi connectivity index (χ0) is 22.0. The van der Waals surface area contributed by atoms with E-state index in [9.17, 15) is 9.59 Å². The molecule has 0 bridgehead atoms. The zero-order valence-corrected chi connectivity index (χ0v) is 22.8. The lowest BCUT2D eigenvalue weighted by atomic mass is 10.0. The quantitative estimate of drug-likeness (QED) is 0.194. The van der Waals surface area contributed by atoms with E-state index >= 15 is 0 Å². The molecule has 0 saturated heterocycles. The fraction of sp³-hybridized carbons (Fsp3) is 0.364.